The Morgan fingerprint density at radius 2 is 2.18 bits per heavy atom. The number of aliphatic hydroxyl groups excluding tert-OH is 1. The van der Waals surface area contributed by atoms with E-state index >= 15 is 0 Å². The molecule has 1 aliphatic heterocycles. The molecule has 0 radical (unpaired) electrons. The van der Waals surface area contributed by atoms with Crippen LogP contribution in [0.4, 0.5) is 4.39 Å². The van der Waals surface area contributed by atoms with E-state index in [-0.39, 0.29) is 35.4 Å². The number of hydrogen-bond donors (Lipinski definition) is 2. The molecule has 2 aliphatic rings. The maximum absolute atomic E-state index is 13.5. The number of benzene rings is 1. The molecule has 0 unspecified atom stereocenters. The molecule has 22 heavy (non-hydrogen) atoms. The van der Waals surface area contributed by atoms with E-state index in [1.807, 2.05) is 0 Å². The van der Waals surface area contributed by atoms with Gasteiger partial charge in [0.05, 0.1) is 5.02 Å². The van der Waals surface area contributed by atoms with Crippen molar-refractivity contribution < 1.29 is 14.3 Å². The maximum atomic E-state index is 13.5. The fourth-order valence-corrected chi connectivity index (χ4v) is 3.10. The predicted octanol–water partition coefficient (Wildman–Crippen LogP) is 1.80. The summed E-state index contributed by atoms with van der Waals surface area (Å²) in [7, 11) is 0. The lowest BCUT2D eigenvalue weighted by Crippen LogP contribution is -2.42. The normalized spacial score (nSPS) is 25.4. The topological polar surface area (TPSA) is 52.6 Å². The number of likely N-dealkylation sites (tertiary alicyclic amines) is 1. The molecule has 1 heterocycles. The number of amides is 1. The number of rotatable bonds is 5. The third-order valence-electron chi connectivity index (χ3n) is 4.42. The first-order chi connectivity index (χ1) is 10.6. The van der Waals surface area contributed by atoms with Gasteiger partial charge in [-0.3, -0.25) is 9.69 Å². The number of nitrogens with one attached hydrogen (secondary N) is 1. The molecule has 4 nitrogen and oxygen atoms in total. The van der Waals surface area contributed by atoms with E-state index in [1.165, 1.54) is 6.07 Å². The zero-order valence-electron chi connectivity index (χ0n) is 12.3. The summed E-state index contributed by atoms with van der Waals surface area (Å²) in [6, 6.07) is 4.76. The third-order valence-corrected chi connectivity index (χ3v) is 4.72. The Hall–Kier alpha value is -1.17. The fraction of sp³-hybridized carbons (Fsp3) is 0.562. The fourth-order valence-electron chi connectivity index (χ4n) is 2.98. The SMILES string of the molecule is O=C(N[C@@H]1CN(Cc2ccc(Cl)c(F)c2)C[C@H]1CO)C1CC1. The summed E-state index contributed by atoms with van der Waals surface area (Å²) in [4.78, 5) is 14.0. The van der Waals surface area contributed by atoms with Crippen LogP contribution in [0.3, 0.4) is 0 Å². The molecule has 3 rings (SSSR count). The molecule has 1 aromatic rings. The minimum atomic E-state index is -0.421. The molecule has 120 valence electrons. The van der Waals surface area contributed by atoms with Gasteiger partial charge in [-0.1, -0.05) is 17.7 Å². The van der Waals surface area contributed by atoms with E-state index in [1.54, 1.807) is 12.1 Å². The van der Waals surface area contributed by atoms with Crippen molar-refractivity contribution in [3.8, 4) is 0 Å². The summed E-state index contributed by atoms with van der Waals surface area (Å²) in [5.41, 5.74) is 0.841. The monoisotopic (exact) mass is 326 g/mol. The van der Waals surface area contributed by atoms with Gasteiger partial charge in [0, 0.05) is 44.1 Å². The Balaban J connectivity index is 1.60. The molecule has 0 aromatic heterocycles. The van der Waals surface area contributed by atoms with Crippen LogP contribution < -0.4 is 5.32 Å². The first-order valence-electron chi connectivity index (χ1n) is 7.64. The van der Waals surface area contributed by atoms with Crippen molar-refractivity contribution in [3.63, 3.8) is 0 Å². The van der Waals surface area contributed by atoms with E-state index < -0.39 is 5.82 Å². The maximum Gasteiger partial charge on any atom is 0.223 e. The zero-order chi connectivity index (χ0) is 15.7. The highest BCUT2D eigenvalue weighted by atomic mass is 35.5. The highest BCUT2D eigenvalue weighted by Gasteiger charge is 2.37. The lowest BCUT2D eigenvalue weighted by molar-refractivity contribution is -0.123. The van der Waals surface area contributed by atoms with Crippen LogP contribution in [0.15, 0.2) is 18.2 Å². The van der Waals surface area contributed by atoms with E-state index in [0.29, 0.717) is 19.6 Å². The standard InChI is InChI=1S/C16H20ClFN2O2/c17-13-4-1-10(5-14(13)18)6-20-7-12(9-21)15(8-20)19-16(22)11-2-3-11/h1,4-5,11-12,15,21H,2-3,6-9H2,(H,19,22)/t12-,15+/m0/s1. The van der Waals surface area contributed by atoms with E-state index in [4.69, 9.17) is 11.6 Å². The lowest BCUT2D eigenvalue weighted by Gasteiger charge is -2.18. The molecule has 1 saturated heterocycles. The van der Waals surface area contributed by atoms with Gasteiger partial charge in [0.1, 0.15) is 5.82 Å². The smallest absolute Gasteiger partial charge is 0.223 e. The Bertz CT molecular complexity index is 565. The Kier molecular flexibility index (Phi) is 4.66. The molecule has 0 bridgehead atoms. The van der Waals surface area contributed by atoms with E-state index in [0.717, 1.165) is 18.4 Å². The largest absolute Gasteiger partial charge is 0.396 e. The molecule has 1 aromatic carbocycles. The van der Waals surface area contributed by atoms with Crippen molar-refractivity contribution >= 4 is 17.5 Å². The quantitative estimate of drug-likeness (QED) is 0.867. The molecule has 2 N–H and O–H groups in total. The molecule has 1 amide bonds. The van der Waals surface area contributed by atoms with E-state index in [9.17, 15) is 14.3 Å². The summed E-state index contributed by atoms with van der Waals surface area (Å²) in [5.74, 6) is -0.128. The van der Waals surface area contributed by atoms with Gasteiger partial charge in [-0.05, 0) is 30.5 Å². The molecular weight excluding hydrogens is 307 g/mol. The van der Waals surface area contributed by atoms with Crippen molar-refractivity contribution in [2.75, 3.05) is 19.7 Å². The first-order valence-corrected chi connectivity index (χ1v) is 8.02. The molecular formula is C16H20ClFN2O2. The minimum Gasteiger partial charge on any atom is -0.396 e. The van der Waals surface area contributed by atoms with Crippen molar-refractivity contribution in [2.24, 2.45) is 11.8 Å². The number of nitrogens with zero attached hydrogens (tertiary/aromatic N) is 1. The van der Waals surface area contributed by atoms with Gasteiger partial charge in [-0.25, -0.2) is 4.39 Å². The average Bonchev–Trinajstić information content (AvgIpc) is 3.27. The highest BCUT2D eigenvalue weighted by Crippen LogP contribution is 2.30. The molecule has 1 aliphatic carbocycles. The minimum absolute atomic E-state index is 0.0276. The second kappa shape index (κ2) is 6.52. The Morgan fingerprint density at radius 1 is 1.41 bits per heavy atom. The summed E-state index contributed by atoms with van der Waals surface area (Å²) in [6.45, 7) is 1.99. The number of hydrogen-bond acceptors (Lipinski definition) is 3. The Labute approximate surface area is 134 Å². The molecule has 2 atom stereocenters. The van der Waals surface area contributed by atoms with Crippen LogP contribution in [-0.4, -0.2) is 41.7 Å². The molecule has 2 fully saturated rings. The van der Waals surface area contributed by atoms with Gasteiger partial charge in [-0.2, -0.15) is 0 Å². The number of carbonyl (C=O) groups is 1. The van der Waals surface area contributed by atoms with Crippen LogP contribution in [0.2, 0.25) is 5.02 Å². The van der Waals surface area contributed by atoms with Crippen LogP contribution in [-0.2, 0) is 11.3 Å². The van der Waals surface area contributed by atoms with Gasteiger partial charge in [0.25, 0.3) is 0 Å². The van der Waals surface area contributed by atoms with Gasteiger partial charge >= 0.3 is 0 Å². The second-order valence-corrected chi connectivity index (χ2v) is 6.68. The summed E-state index contributed by atoms with van der Waals surface area (Å²) >= 11 is 5.69. The third kappa shape index (κ3) is 3.59. The highest BCUT2D eigenvalue weighted by molar-refractivity contribution is 6.30. The van der Waals surface area contributed by atoms with Crippen LogP contribution in [0.5, 0.6) is 0 Å². The summed E-state index contributed by atoms with van der Waals surface area (Å²) in [5, 5.41) is 12.7. The van der Waals surface area contributed by atoms with Crippen LogP contribution >= 0.6 is 11.6 Å². The predicted molar refractivity (Wildman–Crippen MR) is 81.9 cm³/mol. The van der Waals surface area contributed by atoms with Gasteiger partial charge in [0.2, 0.25) is 5.91 Å². The van der Waals surface area contributed by atoms with Gasteiger partial charge in [-0.15, -0.1) is 0 Å². The number of halogens is 2. The number of carbonyl (C=O) groups excluding carboxylic acids is 1. The van der Waals surface area contributed by atoms with Gasteiger partial charge in [0.15, 0.2) is 0 Å². The van der Waals surface area contributed by atoms with Gasteiger partial charge < -0.3 is 10.4 Å². The second-order valence-electron chi connectivity index (χ2n) is 6.27. The molecule has 0 spiro atoms. The summed E-state index contributed by atoms with van der Waals surface area (Å²) < 4.78 is 13.5. The first kappa shape index (κ1) is 15.7. The molecule has 1 saturated carbocycles. The van der Waals surface area contributed by atoms with Crippen molar-refractivity contribution in [3.05, 3.63) is 34.6 Å². The van der Waals surface area contributed by atoms with Crippen molar-refractivity contribution in [2.45, 2.75) is 25.4 Å². The number of aliphatic hydroxyl groups is 1. The lowest BCUT2D eigenvalue weighted by atomic mass is 10.1. The molecule has 6 heteroatoms. The summed E-state index contributed by atoms with van der Waals surface area (Å²) in [6.07, 6.45) is 1.94. The van der Waals surface area contributed by atoms with Crippen molar-refractivity contribution in [1.29, 1.82) is 0 Å². The van der Waals surface area contributed by atoms with Crippen molar-refractivity contribution in [1.82, 2.24) is 10.2 Å². The van der Waals surface area contributed by atoms with E-state index in [2.05, 4.69) is 10.2 Å². The van der Waals surface area contributed by atoms with Crippen LogP contribution in [0.25, 0.3) is 0 Å². The average molecular weight is 327 g/mol. The Morgan fingerprint density at radius 3 is 2.82 bits per heavy atom. The zero-order valence-corrected chi connectivity index (χ0v) is 13.0. The van der Waals surface area contributed by atoms with Crippen LogP contribution in [0.1, 0.15) is 18.4 Å². The van der Waals surface area contributed by atoms with Crippen LogP contribution in [0, 0.1) is 17.7 Å².